The zero-order valence-electron chi connectivity index (χ0n) is 18.2. The van der Waals surface area contributed by atoms with Gasteiger partial charge in [-0.05, 0) is 57.1 Å². The normalized spacial score (nSPS) is 26.5. The first-order valence-corrected chi connectivity index (χ1v) is 10.9. The molecule has 1 saturated heterocycles. The van der Waals surface area contributed by atoms with Crippen molar-refractivity contribution in [1.29, 1.82) is 0 Å². The van der Waals surface area contributed by atoms with Crippen LogP contribution in [0.4, 0.5) is 18.0 Å². The van der Waals surface area contributed by atoms with E-state index in [-0.39, 0.29) is 48.5 Å². The Hall–Kier alpha value is -2.40. The van der Waals surface area contributed by atoms with Crippen LogP contribution in [0.3, 0.4) is 0 Å². The van der Waals surface area contributed by atoms with Crippen molar-refractivity contribution < 1.29 is 27.5 Å². The van der Waals surface area contributed by atoms with Crippen molar-refractivity contribution >= 4 is 12.0 Å². The first kappa shape index (κ1) is 24.2. The quantitative estimate of drug-likeness (QED) is 0.502. The monoisotopic (exact) mass is 457 g/mol. The molecule has 32 heavy (non-hydrogen) atoms. The SMILES string of the molecule is CC[C@H](C)NC(=O)O[C@@H]1CC[C@H](C2CC(NC(=O)Cc3ccc(C(F)(F)F)cn3)NN2)C1. The number of hydrogen-bond acceptors (Lipinski definition) is 6. The third-order valence-electron chi connectivity index (χ3n) is 6.01. The lowest BCUT2D eigenvalue weighted by molar-refractivity contribution is -0.137. The molecule has 178 valence electrons. The molecule has 2 aliphatic rings. The summed E-state index contributed by atoms with van der Waals surface area (Å²) in [5.41, 5.74) is 5.67. The summed E-state index contributed by atoms with van der Waals surface area (Å²) in [6.45, 7) is 3.92. The van der Waals surface area contributed by atoms with Crippen molar-refractivity contribution in [2.24, 2.45) is 5.92 Å². The van der Waals surface area contributed by atoms with Gasteiger partial charge in [-0.15, -0.1) is 0 Å². The minimum absolute atomic E-state index is 0.0718. The molecule has 11 heteroatoms. The Morgan fingerprint density at radius 1 is 1.25 bits per heavy atom. The number of hydrogen-bond donors (Lipinski definition) is 4. The topological polar surface area (TPSA) is 104 Å². The van der Waals surface area contributed by atoms with E-state index in [0.717, 1.165) is 37.9 Å². The number of nitrogens with one attached hydrogen (secondary N) is 4. The molecule has 2 heterocycles. The van der Waals surface area contributed by atoms with E-state index in [1.165, 1.54) is 6.07 Å². The number of nitrogens with zero attached hydrogens (tertiary/aromatic N) is 1. The largest absolute Gasteiger partial charge is 0.446 e. The number of aromatic nitrogens is 1. The maximum absolute atomic E-state index is 12.6. The van der Waals surface area contributed by atoms with Crippen molar-refractivity contribution in [3.8, 4) is 0 Å². The molecule has 1 aliphatic heterocycles. The van der Waals surface area contributed by atoms with Gasteiger partial charge >= 0.3 is 12.3 Å². The standard InChI is InChI=1S/C21H30F3N5O3/c1-3-12(2)26-20(31)32-16-7-4-13(8-16)17-10-18(29-28-17)27-19(30)9-15-6-5-14(11-25-15)21(22,23)24/h5-6,11-13,16-18,28-29H,3-4,7-10H2,1-2H3,(H,26,31)(H,27,30)/t12-,13-,16+,17?,18?/m0/s1. The zero-order chi connectivity index (χ0) is 23.3. The molecule has 8 nitrogen and oxygen atoms in total. The molecule has 1 saturated carbocycles. The minimum Gasteiger partial charge on any atom is -0.446 e. The molecule has 4 N–H and O–H groups in total. The van der Waals surface area contributed by atoms with Gasteiger partial charge in [-0.25, -0.2) is 10.2 Å². The fourth-order valence-electron chi connectivity index (χ4n) is 4.03. The summed E-state index contributed by atoms with van der Waals surface area (Å²) in [6, 6.07) is 2.32. The fourth-order valence-corrected chi connectivity index (χ4v) is 4.03. The molecule has 0 spiro atoms. The molecule has 2 unspecified atom stereocenters. The molecular formula is C21H30F3N5O3. The van der Waals surface area contributed by atoms with Crippen LogP contribution in [0.2, 0.25) is 0 Å². The predicted octanol–water partition coefficient (Wildman–Crippen LogP) is 2.65. The second kappa shape index (κ2) is 10.5. The second-order valence-corrected chi connectivity index (χ2v) is 8.52. The maximum Gasteiger partial charge on any atom is 0.417 e. The number of hydrazine groups is 1. The highest BCUT2D eigenvalue weighted by Crippen LogP contribution is 2.33. The van der Waals surface area contributed by atoms with Crippen LogP contribution in [-0.2, 0) is 22.1 Å². The van der Waals surface area contributed by atoms with Gasteiger partial charge in [0.25, 0.3) is 0 Å². The van der Waals surface area contributed by atoms with Gasteiger partial charge in [-0.1, -0.05) is 6.92 Å². The van der Waals surface area contributed by atoms with Crippen molar-refractivity contribution in [1.82, 2.24) is 26.5 Å². The lowest BCUT2D eigenvalue weighted by Crippen LogP contribution is -2.45. The average Bonchev–Trinajstić information content (AvgIpc) is 3.37. The highest BCUT2D eigenvalue weighted by Gasteiger charge is 2.37. The van der Waals surface area contributed by atoms with Crippen LogP contribution in [-0.4, -0.2) is 41.3 Å². The molecular weight excluding hydrogens is 427 g/mol. The zero-order valence-corrected chi connectivity index (χ0v) is 18.2. The smallest absolute Gasteiger partial charge is 0.417 e. The summed E-state index contributed by atoms with van der Waals surface area (Å²) >= 11 is 0. The van der Waals surface area contributed by atoms with Gasteiger partial charge in [0, 0.05) is 24.0 Å². The summed E-state index contributed by atoms with van der Waals surface area (Å²) in [6.07, 6.45) is -0.672. The number of alkyl carbamates (subject to hydrolysis) is 1. The van der Waals surface area contributed by atoms with Crippen LogP contribution in [0, 0.1) is 5.92 Å². The van der Waals surface area contributed by atoms with Gasteiger partial charge in [0.1, 0.15) is 6.10 Å². The van der Waals surface area contributed by atoms with Crippen LogP contribution in [0.15, 0.2) is 18.3 Å². The van der Waals surface area contributed by atoms with Crippen LogP contribution < -0.4 is 21.5 Å². The summed E-state index contributed by atoms with van der Waals surface area (Å²) < 4.78 is 43.3. The molecule has 0 bridgehead atoms. The third-order valence-corrected chi connectivity index (χ3v) is 6.01. The Bertz CT molecular complexity index is 790. The van der Waals surface area contributed by atoms with Gasteiger partial charge in [0.05, 0.1) is 18.2 Å². The first-order valence-electron chi connectivity index (χ1n) is 10.9. The summed E-state index contributed by atoms with van der Waals surface area (Å²) in [5.74, 6) is -0.0195. The first-order chi connectivity index (χ1) is 15.1. The number of pyridine rings is 1. The molecule has 0 aromatic carbocycles. The highest BCUT2D eigenvalue weighted by molar-refractivity contribution is 5.78. The molecule has 5 atom stereocenters. The van der Waals surface area contributed by atoms with Gasteiger partial charge in [0.2, 0.25) is 5.91 Å². The average molecular weight is 457 g/mol. The van der Waals surface area contributed by atoms with Crippen LogP contribution in [0.5, 0.6) is 0 Å². The van der Waals surface area contributed by atoms with E-state index in [2.05, 4.69) is 26.5 Å². The fraction of sp³-hybridized carbons (Fsp3) is 0.667. The third kappa shape index (κ3) is 6.80. The molecule has 1 aromatic heterocycles. The number of ether oxygens (including phenoxy) is 1. The van der Waals surface area contributed by atoms with Crippen LogP contribution in [0.1, 0.15) is 57.2 Å². The van der Waals surface area contributed by atoms with Crippen molar-refractivity contribution in [3.63, 3.8) is 0 Å². The Balaban J connectivity index is 1.40. The van der Waals surface area contributed by atoms with E-state index in [9.17, 15) is 22.8 Å². The molecule has 3 rings (SSSR count). The van der Waals surface area contributed by atoms with E-state index in [0.29, 0.717) is 12.3 Å². The lowest BCUT2D eigenvalue weighted by atomic mass is 9.96. The van der Waals surface area contributed by atoms with Gasteiger partial charge in [0.15, 0.2) is 0 Å². The van der Waals surface area contributed by atoms with Crippen molar-refractivity contribution in [3.05, 3.63) is 29.6 Å². The summed E-state index contributed by atoms with van der Waals surface area (Å²) in [4.78, 5) is 27.9. The Morgan fingerprint density at radius 3 is 2.69 bits per heavy atom. The molecule has 1 aliphatic carbocycles. The van der Waals surface area contributed by atoms with E-state index < -0.39 is 11.7 Å². The van der Waals surface area contributed by atoms with E-state index >= 15 is 0 Å². The predicted molar refractivity (Wildman–Crippen MR) is 110 cm³/mol. The van der Waals surface area contributed by atoms with Gasteiger partial charge < -0.3 is 15.4 Å². The number of alkyl halides is 3. The Kier molecular flexibility index (Phi) is 7.94. The van der Waals surface area contributed by atoms with Gasteiger partial charge in [-0.2, -0.15) is 13.2 Å². The van der Waals surface area contributed by atoms with Crippen LogP contribution in [0.25, 0.3) is 0 Å². The summed E-state index contributed by atoms with van der Waals surface area (Å²) in [7, 11) is 0. The van der Waals surface area contributed by atoms with E-state index in [1.807, 2.05) is 13.8 Å². The lowest BCUT2D eigenvalue weighted by Gasteiger charge is -2.19. The number of carbonyl (C=O) groups excluding carboxylic acids is 2. The van der Waals surface area contributed by atoms with Crippen molar-refractivity contribution in [2.75, 3.05) is 0 Å². The van der Waals surface area contributed by atoms with Crippen LogP contribution >= 0.6 is 0 Å². The van der Waals surface area contributed by atoms with Gasteiger partial charge in [-0.3, -0.25) is 15.2 Å². The molecule has 1 aromatic rings. The maximum atomic E-state index is 12.6. The second-order valence-electron chi connectivity index (χ2n) is 8.52. The van der Waals surface area contributed by atoms with E-state index in [4.69, 9.17) is 4.74 Å². The minimum atomic E-state index is -4.45. The summed E-state index contributed by atoms with van der Waals surface area (Å²) in [5, 5.41) is 5.63. The highest BCUT2D eigenvalue weighted by atomic mass is 19.4. The van der Waals surface area contributed by atoms with E-state index in [1.54, 1.807) is 0 Å². The molecule has 2 fully saturated rings. The number of halogens is 3. The Labute approximate surface area is 185 Å². The number of rotatable bonds is 7. The molecule has 2 amide bonds. The van der Waals surface area contributed by atoms with Crippen molar-refractivity contribution in [2.45, 2.75) is 82.9 Å². The number of amides is 2. The molecule has 0 radical (unpaired) electrons. The Morgan fingerprint density at radius 2 is 2.03 bits per heavy atom. The number of carbonyl (C=O) groups is 2.